The third-order valence-electron chi connectivity index (χ3n) is 4.68. The van der Waals surface area contributed by atoms with Crippen LogP contribution in [0.5, 0.6) is 0 Å². The topological polar surface area (TPSA) is 66.8 Å². The number of hydrogen-bond acceptors (Lipinski definition) is 3. The van der Waals surface area contributed by atoms with Crippen molar-refractivity contribution in [1.82, 2.24) is 4.90 Å². The lowest BCUT2D eigenvalue weighted by Gasteiger charge is -2.49. The van der Waals surface area contributed by atoms with Gasteiger partial charge in [-0.05, 0) is 18.4 Å². The molecular formula is C16H19NO4. The van der Waals surface area contributed by atoms with Gasteiger partial charge in [0.2, 0.25) is 0 Å². The van der Waals surface area contributed by atoms with Gasteiger partial charge >= 0.3 is 12.1 Å². The molecule has 0 radical (unpaired) electrons. The average Bonchev–Trinajstić information content (AvgIpc) is 2.89. The monoisotopic (exact) mass is 289 g/mol. The summed E-state index contributed by atoms with van der Waals surface area (Å²) in [5, 5.41) is 9.26. The molecule has 2 fully saturated rings. The van der Waals surface area contributed by atoms with Gasteiger partial charge in [0.1, 0.15) is 6.61 Å². The highest BCUT2D eigenvalue weighted by atomic mass is 16.6. The van der Waals surface area contributed by atoms with Crippen LogP contribution in [0.2, 0.25) is 0 Å². The van der Waals surface area contributed by atoms with E-state index in [4.69, 9.17) is 4.74 Å². The van der Waals surface area contributed by atoms with Crippen molar-refractivity contribution in [3.8, 4) is 0 Å². The summed E-state index contributed by atoms with van der Waals surface area (Å²) in [6.45, 7) is 1.28. The van der Waals surface area contributed by atoms with Gasteiger partial charge in [0.15, 0.2) is 0 Å². The fourth-order valence-corrected chi connectivity index (χ4v) is 3.56. The Hall–Kier alpha value is -2.04. The summed E-state index contributed by atoms with van der Waals surface area (Å²) in [6.07, 6.45) is 2.21. The molecule has 1 aliphatic heterocycles. The van der Waals surface area contributed by atoms with Gasteiger partial charge in [-0.25, -0.2) is 4.79 Å². The van der Waals surface area contributed by atoms with Gasteiger partial charge in [-0.15, -0.1) is 0 Å². The fraction of sp³-hybridized carbons (Fsp3) is 0.500. The quantitative estimate of drug-likeness (QED) is 0.928. The lowest BCUT2D eigenvalue weighted by Crippen LogP contribution is -2.61. The number of benzene rings is 1. The fourth-order valence-electron chi connectivity index (χ4n) is 3.56. The SMILES string of the molecule is O=C(O)C1CCCC12CN(C(=O)OCc1ccccc1)C2. The number of ether oxygens (including phenoxy) is 1. The van der Waals surface area contributed by atoms with Gasteiger partial charge in [-0.2, -0.15) is 0 Å². The molecule has 21 heavy (non-hydrogen) atoms. The van der Waals surface area contributed by atoms with Crippen LogP contribution >= 0.6 is 0 Å². The van der Waals surface area contributed by atoms with Gasteiger partial charge in [0.05, 0.1) is 5.92 Å². The highest BCUT2D eigenvalue weighted by molar-refractivity contribution is 5.74. The normalized spacial score (nSPS) is 22.9. The number of rotatable bonds is 3. The van der Waals surface area contributed by atoms with Gasteiger partial charge in [-0.3, -0.25) is 4.79 Å². The zero-order chi connectivity index (χ0) is 14.9. The minimum absolute atomic E-state index is 0.211. The number of amides is 1. The number of aliphatic carboxylic acids is 1. The van der Waals surface area contributed by atoms with E-state index in [0.717, 1.165) is 24.8 Å². The predicted molar refractivity (Wildman–Crippen MR) is 75.6 cm³/mol. The molecule has 1 aliphatic carbocycles. The molecule has 2 aliphatic rings. The van der Waals surface area contributed by atoms with Crippen LogP contribution in [-0.4, -0.2) is 35.2 Å². The van der Waals surface area contributed by atoms with Gasteiger partial charge in [-0.1, -0.05) is 36.8 Å². The average molecular weight is 289 g/mol. The Morgan fingerprint density at radius 2 is 2.00 bits per heavy atom. The minimum Gasteiger partial charge on any atom is -0.481 e. The highest BCUT2D eigenvalue weighted by Gasteiger charge is 2.55. The molecule has 1 spiro atoms. The predicted octanol–water partition coefficient (Wildman–Crippen LogP) is 2.51. The molecule has 1 saturated carbocycles. The number of likely N-dealkylation sites (tertiary alicyclic amines) is 1. The van der Waals surface area contributed by atoms with E-state index in [1.807, 2.05) is 30.3 Å². The number of carboxylic acids is 1. The van der Waals surface area contributed by atoms with Crippen molar-refractivity contribution in [1.29, 1.82) is 0 Å². The van der Waals surface area contributed by atoms with E-state index in [-0.39, 0.29) is 24.0 Å². The third kappa shape index (κ3) is 2.60. The van der Waals surface area contributed by atoms with E-state index >= 15 is 0 Å². The first-order valence-electron chi connectivity index (χ1n) is 7.29. The van der Waals surface area contributed by atoms with Crippen LogP contribution in [0, 0.1) is 11.3 Å². The molecule has 112 valence electrons. The zero-order valence-corrected chi connectivity index (χ0v) is 11.8. The van der Waals surface area contributed by atoms with Crippen molar-refractivity contribution in [3.05, 3.63) is 35.9 Å². The first-order chi connectivity index (χ1) is 10.1. The molecule has 1 N–H and O–H groups in total. The molecule has 1 heterocycles. The molecule has 1 atom stereocenters. The molecule has 3 rings (SSSR count). The summed E-state index contributed by atoms with van der Waals surface area (Å²) in [5.41, 5.74) is 0.739. The molecular weight excluding hydrogens is 270 g/mol. The smallest absolute Gasteiger partial charge is 0.410 e. The maximum atomic E-state index is 12.0. The van der Waals surface area contributed by atoms with Crippen LogP contribution < -0.4 is 0 Å². The molecule has 1 amide bonds. The molecule has 1 aromatic rings. The molecule has 0 bridgehead atoms. The maximum absolute atomic E-state index is 12.0. The van der Waals surface area contributed by atoms with Crippen LogP contribution in [0.25, 0.3) is 0 Å². The Morgan fingerprint density at radius 3 is 2.67 bits per heavy atom. The standard InChI is InChI=1S/C16H19NO4/c18-14(19)13-7-4-8-16(13)10-17(11-16)15(20)21-9-12-5-2-1-3-6-12/h1-3,5-6,13H,4,7-11H2,(H,18,19). The van der Waals surface area contributed by atoms with E-state index in [2.05, 4.69) is 0 Å². The highest BCUT2D eigenvalue weighted by Crippen LogP contribution is 2.50. The van der Waals surface area contributed by atoms with E-state index < -0.39 is 5.97 Å². The summed E-state index contributed by atoms with van der Waals surface area (Å²) in [6, 6.07) is 9.52. The van der Waals surface area contributed by atoms with E-state index in [0.29, 0.717) is 13.1 Å². The zero-order valence-electron chi connectivity index (χ0n) is 11.8. The molecule has 0 aromatic heterocycles. The van der Waals surface area contributed by atoms with Crippen molar-refractivity contribution in [2.75, 3.05) is 13.1 Å². The number of hydrogen-bond donors (Lipinski definition) is 1. The summed E-state index contributed by atoms with van der Waals surface area (Å²) >= 11 is 0. The molecule has 1 unspecified atom stereocenters. The number of carbonyl (C=O) groups excluding carboxylic acids is 1. The summed E-state index contributed by atoms with van der Waals surface area (Å²) in [5.74, 6) is -1.04. The van der Waals surface area contributed by atoms with Crippen molar-refractivity contribution >= 4 is 12.1 Å². The van der Waals surface area contributed by atoms with Crippen LogP contribution in [0.4, 0.5) is 4.79 Å². The van der Waals surface area contributed by atoms with Crippen LogP contribution in [0.3, 0.4) is 0 Å². The van der Waals surface area contributed by atoms with Crippen molar-refractivity contribution in [3.63, 3.8) is 0 Å². The second kappa shape index (κ2) is 5.39. The van der Waals surface area contributed by atoms with E-state index in [1.165, 1.54) is 0 Å². The van der Waals surface area contributed by atoms with Crippen LogP contribution in [0.15, 0.2) is 30.3 Å². The summed E-state index contributed by atoms with van der Waals surface area (Å²) < 4.78 is 5.27. The number of carboxylic acid groups (broad SMARTS) is 1. The minimum atomic E-state index is -0.732. The number of nitrogens with zero attached hydrogens (tertiary/aromatic N) is 1. The van der Waals surface area contributed by atoms with Gasteiger partial charge in [0, 0.05) is 18.5 Å². The molecule has 1 saturated heterocycles. The molecule has 1 aromatic carbocycles. The first kappa shape index (κ1) is 13.9. The Morgan fingerprint density at radius 1 is 1.29 bits per heavy atom. The van der Waals surface area contributed by atoms with E-state index in [1.54, 1.807) is 4.90 Å². The third-order valence-corrected chi connectivity index (χ3v) is 4.68. The Bertz CT molecular complexity index is 536. The lowest BCUT2D eigenvalue weighted by molar-refractivity contribution is -0.150. The lowest BCUT2D eigenvalue weighted by atomic mass is 9.71. The molecule has 5 nitrogen and oxygen atoms in total. The maximum Gasteiger partial charge on any atom is 0.410 e. The second-order valence-corrected chi connectivity index (χ2v) is 6.04. The number of carbonyl (C=O) groups is 2. The van der Waals surface area contributed by atoms with Crippen molar-refractivity contribution < 1.29 is 19.4 Å². The van der Waals surface area contributed by atoms with Crippen molar-refractivity contribution in [2.24, 2.45) is 11.3 Å². The van der Waals surface area contributed by atoms with Crippen LogP contribution in [0.1, 0.15) is 24.8 Å². The van der Waals surface area contributed by atoms with Gasteiger partial charge in [0.25, 0.3) is 0 Å². The second-order valence-electron chi connectivity index (χ2n) is 6.04. The first-order valence-corrected chi connectivity index (χ1v) is 7.29. The van der Waals surface area contributed by atoms with Crippen molar-refractivity contribution in [2.45, 2.75) is 25.9 Å². The van der Waals surface area contributed by atoms with E-state index in [9.17, 15) is 14.7 Å². The molecule has 5 heteroatoms. The largest absolute Gasteiger partial charge is 0.481 e. The van der Waals surface area contributed by atoms with Crippen LogP contribution in [-0.2, 0) is 16.1 Å². The Labute approximate surface area is 123 Å². The Kier molecular flexibility index (Phi) is 3.57. The van der Waals surface area contributed by atoms with Gasteiger partial charge < -0.3 is 14.7 Å². The Balaban J connectivity index is 1.52. The summed E-state index contributed by atoms with van der Waals surface area (Å²) in [4.78, 5) is 24.8. The summed E-state index contributed by atoms with van der Waals surface area (Å²) in [7, 11) is 0.